The number of aromatic nitrogens is 1. The highest BCUT2D eigenvalue weighted by Crippen LogP contribution is 2.26. The fourth-order valence-corrected chi connectivity index (χ4v) is 3.63. The summed E-state index contributed by atoms with van der Waals surface area (Å²) in [6.07, 6.45) is 0.860. The molecular weight excluding hydrogens is 396 g/mol. The Bertz CT molecular complexity index is 994. The van der Waals surface area contributed by atoms with E-state index in [-0.39, 0.29) is 18.2 Å². The monoisotopic (exact) mass is 417 g/mol. The molecule has 0 aliphatic rings. The number of para-hydroxylation sites is 1. The van der Waals surface area contributed by atoms with Crippen LogP contribution in [0.5, 0.6) is 5.75 Å². The van der Waals surface area contributed by atoms with Crippen molar-refractivity contribution in [2.75, 3.05) is 18.4 Å². The summed E-state index contributed by atoms with van der Waals surface area (Å²) in [5.74, 6) is -1.90. The summed E-state index contributed by atoms with van der Waals surface area (Å²) in [6, 6.07) is 10.6. The predicted molar refractivity (Wildman–Crippen MR) is 110 cm³/mol. The zero-order chi connectivity index (χ0) is 20.8. The Labute approximate surface area is 171 Å². The Balaban J connectivity index is 1.63. The van der Waals surface area contributed by atoms with Gasteiger partial charge in [0.05, 0.1) is 12.2 Å². The van der Waals surface area contributed by atoms with Gasteiger partial charge in [0.15, 0.2) is 16.8 Å². The van der Waals surface area contributed by atoms with Crippen molar-refractivity contribution < 1.29 is 18.7 Å². The second-order valence-electron chi connectivity index (χ2n) is 6.55. The maximum absolute atomic E-state index is 13.4. The van der Waals surface area contributed by atoms with E-state index in [4.69, 9.17) is 0 Å². The Morgan fingerprint density at radius 2 is 2.00 bits per heavy atom. The first-order valence-electron chi connectivity index (χ1n) is 9.16. The zero-order valence-corrected chi connectivity index (χ0v) is 16.7. The van der Waals surface area contributed by atoms with Crippen LogP contribution in [-0.4, -0.2) is 34.0 Å². The number of amides is 1. The lowest BCUT2D eigenvalue weighted by atomic mass is 10.2. The molecule has 0 bridgehead atoms. The number of anilines is 1. The molecule has 0 unspecified atom stereocenters. The minimum absolute atomic E-state index is 0.141. The van der Waals surface area contributed by atoms with Crippen molar-refractivity contribution >= 4 is 22.4 Å². The lowest BCUT2D eigenvalue weighted by Crippen LogP contribution is -2.33. The van der Waals surface area contributed by atoms with Crippen molar-refractivity contribution in [2.45, 2.75) is 19.9 Å². The molecule has 1 amide bonds. The zero-order valence-electron chi connectivity index (χ0n) is 15.9. The highest BCUT2D eigenvalue weighted by atomic mass is 32.1. The number of benzene rings is 2. The minimum Gasteiger partial charge on any atom is -0.508 e. The molecule has 1 heterocycles. The molecule has 0 saturated heterocycles. The van der Waals surface area contributed by atoms with Crippen molar-refractivity contribution in [3.63, 3.8) is 0 Å². The molecule has 0 atom stereocenters. The third-order valence-corrected chi connectivity index (χ3v) is 5.02. The van der Waals surface area contributed by atoms with Gasteiger partial charge < -0.3 is 10.4 Å². The van der Waals surface area contributed by atoms with E-state index in [1.165, 1.54) is 17.4 Å². The second kappa shape index (κ2) is 9.58. The molecule has 29 heavy (non-hydrogen) atoms. The third-order valence-electron chi connectivity index (χ3n) is 4.26. The lowest BCUT2D eigenvalue weighted by Gasteiger charge is -2.21. The largest absolute Gasteiger partial charge is 0.508 e. The number of nitrogens with zero attached hydrogens (tertiary/aromatic N) is 2. The number of hydrogen-bond donors (Lipinski definition) is 2. The van der Waals surface area contributed by atoms with Crippen LogP contribution < -0.4 is 5.32 Å². The van der Waals surface area contributed by atoms with Gasteiger partial charge in [0.1, 0.15) is 5.75 Å². The first-order valence-corrected chi connectivity index (χ1v) is 10.0. The first kappa shape index (κ1) is 20.9. The average molecular weight is 417 g/mol. The summed E-state index contributed by atoms with van der Waals surface area (Å²) in [5, 5.41) is 14.8. The van der Waals surface area contributed by atoms with Crippen molar-refractivity contribution in [1.82, 2.24) is 9.88 Å². The number of halogens is 2. The molecule has 0 aliphatic heterocycles. The van der Waals surface area contributed by atoms with E-state index in [1.54, 1.807) is 17.5 Å². The maximum Gasteiger partial charge on any atom is 0.240 e. The van der Waals surface area contributed by atoms with Gasteiger partial charge in [0.2, 0.25) is 5.91 Å². The molecule has 0 aliphatic carbocycles. The topological polar surface area (TPSA) is 65.5 Å². The van der Waals surface area contributed by atoms with Gasteiger partial charge in [-0.1, -0.05) is 25.1 Å². The Kier molecular flexibility index (Phi) is 6.90. The quantitative estimate of drug-likeness (QED) is 0.560. The molecule has 1 aromatic heterocycles. The van der Waals surface area contributed by atoms with Crippen LogP contribution in [0.3, 0.4) is 0 Å². The molecule has 8 heteroatoms. The van der Waals surface area contributed by atoms with E-state index >= 15 is 0 Å². The molecule has 3 aromatic rings. The summed E-state index contributed by atoms with van der Waals surface area (Å²) in [6.45, 7) is 3.30. The summed E-state index contributed by atoms with van der Waals surface area (Å²) in [7, 11) is 0. The van der Waals surface area contributed by atoms with Gasteiger partial charge >= 0.3 is 0 Å². The van der Waals surface area contributed by atoms with Crippen LogP contribution in [-0.2, 0) is 11.3 Å². The number of phenolic OH excluding ortho intramolecular Hbond substituents is 1. The Morgan fingerprint density at radius 1 is 1.21 bits per heavy atom. The van der Waals surface area contributed by atoms with Gasteiger partial charge in [-0.3, -0.25) is 9.69 Å². The van der Waals surface area contributed by atoms with Gasteiger partial charge in [0, 0.05) is 23.1 Å². The van der Waals surface area contributed by atoms with Crippen LogP contribution >= 0.6 is 11.3 Å². The SMILES string of the molecule is CCCN(CC(=O)Nc1nc(-c2ccc(F)c(F)c2)cs1)Cc1ccccc1O. The van der Waals surface area contributed by atoms with Crippen LogP contribution in [0.25, 0.3) is 11.3 Å². The highest BCUT2D eigenvalue weighted by Gasteiger charge is 2.15. The molecule has 0 spiro atoms. The highest BCUT2D eigenvalue weighted by molar-refractivity contribution is 7.14. The Morgan fingerprint density at radius 3 is 2.72 bits per heavy atom. The molecule has 2 N–H and O–H groups in total. The van der Waals surface area contributed by atoms with Gasteiger partial charge in [-0.25, -0.2) is 13.8 Å². The molecule has 152 valence electrons. The number of aromatic hydroxyl groups is 1. The van der Waals surface area contributed by atoms with E-state index in [0.717, 1.165) is 24.1 Å². The van der Waals surface area contributed by atoms with Gasteiger partial charge in [-0.2, -0.15) is 0 Å². The van der Waals surface area contributed by atoms with Crippen molar-refractivity contribution in [3.05, 3.63) is 65.0 Å². The fraction of sp³-hybridized carbons (Fsp3) is 0.238. The number of nitrogens with one attached hydrogen (secondary N) is 1. The standard InChI is InChI=1S/C21H21F2N3O2S/c1-2-9-26(11-15-5-3-4-6-19(15)27)12-20(28)25-21-24-18(13-29-21)14-7-8-16(22)17(23)10-14/h3-8,10,13,27H,2,9,11-12H2,1H3,(H,24,25,28). The Hall–Kier alpha value is -2.84. The lowest BCUT2D eigenvalue weighted by molar-refractivity contribution is -0.117. The number of hydrogen-bond acceptors (Lipinski definition) is 5. The number of carbonyl (C=O) groups is 1. The summed E-state index contributed by atoms with van der Waals surface area (Å²) in [4.78, 5) is 18.7. The molecule has 5 nitrogen and oxygen atoms in total. The second-order valence-corrected chi connectivity index (χ2v) is 7.41. The number of rotatable bonds is 8. The van der Waals surface area contributed by atoms with Gasteiger partial charge in [-0.05, 0) is 37.2 Å². The van der Waals surface area contributed by atoms with E-state index in [9.17, 15) is 18.7 Å². The minimum atomic E-state index is -0.944. The first-order chi connectivity index (χ1) is 14.0. The van der Waals surface area contributed by atoms with Crippen molar-refractivity contribution in [1.29, 1.82) is 0 Å². The summed E-state index contributed by atoms with van der Waals surface area (Å²) < 4.78 is 26.5. The van der Waals surface area contributed by atoms with E-state index in [0.29, 0.717) is 29.5 Å². The van der Waals surface area contributed by atoms with Crippen LogP contribution in [0.1, 0.15) is 18.9 Å². The van der Waals surface area contributed by atoms with Crippen LogP contribution in [0, 0.1) is 11.6 Å². The number of carbonyl (C=O) groups excluding carboxylic acids is 1. The molecule has 2 aromatic carbocycles. The van der Waals surface area contributed by atoms with Gasteiger partial charge in [-0.15, -0.1) is 11.3 Å². The number of thiazole rings is 1. The third kappa shape index (κ3) is 5.58. The summed E-state index contributed by atoms with van der Waals surface area (Å²) >= 11 is 1.21. The van der Waals surface area contributed by atoms with E-state index in [2.05, 4.69) is 10.3 Å². The van der Waals surface area contributed by atoms with Gasteiger partial charge in [0.25, 0.3) is 0 Å². The maximum atomic E-state index is 13.4. The molecule has 3 rings (SSSR count). The van der Waals surface area contributed by atoms with Crippen molar-refractivity contribution in [2.24, 2.45) is 0 Å². The smallest absolute Gasteiger partial charge is 0.240 e. The number of phenols is 1. The molecular formula is C21H21F2N3O2S. The normalized spacial score (nSPS) is 11.0. The predicted octanol–water partition coefficient (Wildman–Crippen LogP) is 4.64. The molecule has 0 radical (unpaired) electrons. The molecule has 0 saturated carbocycles. The van der Waals surface area contributed by atoms with Crippen LogP contribution in [0.2, 0.25) is 0 Å². The summed E-state index contributed by atoms with van der Waals surface area (Å²) in [5.41, 5.74) is 1.65. The van der Waals surface area contributed by atoms with E-state index < -0.39 is 11.6 Å². The fourth-order valence-electron chi connectivity index (χ4n) is 2.90. The van der Waals surface area contributed by atoms with Crippen LogP contribution in [0.4, 0.5) is 13.9 Å². The van der Waals surface area contributed by atoms with Crippen LogP contribution in [0.15, 0.2) is 47.8 Å². The average Bonchev–Trinajstić information content (AvgIpc) is 3.14. The van der Waals surface area contributed by atoms with Crippen molar-refractivity contribution in [3.8, 4) is 17.0 Å². The van der Waals surface area contributed by atoms with E-state index in [1.807, 2.05) is 24.0 Å². The molecule has 0 fully saturated rings.